The van der Waals surface area contributed by atoms with Gasteiger partial charge in [0.1, 0.15) is 11.5 Å². The summed E-state index contributed by atoms with van der Waals surface area (Å²) in [6, 6.07) is 3.27. The molecule has 0 aliphatic rings. The maximum absolute atomic E-state index is 12.2. The second kappa shape index (κ2) is 15.2. The van der Waals surface area contributed by atoms with Gasteiger partial charge in [-0.3, -0.25) is 0 Å². The normalized spacial score (nSPS) is 8.60. The predicted molar refractivity (Wildman–Crippen MR) is 95.4 cm³/mol. The van der Waals surface area contributed by atoms with E-state index >= 15 is 0 Å². The summed E-state index contributed by atoms with van der Waals surface area (Å²) in [5, 5.41) is 0. The van der Waals surface area contributed by atoms with Gasteiger partial charge < -0.3 is 9.47 Å². The number of hydrogen-bond acceptors (Lipinski definition) is 3. The molecule has 8 heteroatoms. The highest BCUT2D eigenvalue weighted by molar-refractivity contribution is 9.10. The summed E-state index contributed by atoms with van der Waals surface area (Å²) in [4.78, 5) is 0. The Morgan fingerprint density at radius 1 is 1.10 bits per heavy atom. The van der Waals surface area contributed by atoms with Crippen LogP contribution in [0.4, 0.5) is 8.78 Å². The maximum Gasteiger partial charge on any atom is 0.228 e. The van der Waals surface area contributed by atoms with Gasteiger partial charge in [-0.05, 0) is 18.4 Å². The number of benzene rings is 1. The average Bonchev–Trinajstić information content (AvgIpc) is 2.47. The van der Waals surface area contributed by atoms with Crippen molar-refractivity contribution in [1.29, 1.82) is 0 Å². The molecule has 1 aromatic rings. The largest absolute Gasteiger partial charge is 0.462 e. The van der Waals surface area contributed by atoms with Gasteiger partial charge in [0.15, 0.2) is 0 Å². The molecule has 1 aromatic carbocycles. The van der Waals surface area contributed by atoms with Gasteiger partial charge in [-0.2, -0.15) is 11.8 Å². The Bertz CT molecular complexity index is 357. The predicted octanol–water partition coefficient (Wildman–Crippen LogP) is 5.05. The lowest BCUT2D eigenvalue weighted by atomic mass is 10.2. The van der Waals surface area contributed by atoms with Gasteiger partial charge in [0, 0.05) is 15.8 Å². The van der Waals surface area contributed by atoms with E-state index in [4.69, 9.17) is 9.47 Å². The molecule has 0 bridgehead atoms. The molecule has 0 N–H and O–H groups in total. The van der Waals surface area contributed by atoms with E-state index in [9.17, 15) is 8.78 Å². The third-order valence-corrected chi connectivity index (χ3v) is 2.88. The second-order valence-corrected chi connectivity index (χ2v) is 4.60. The van der Waals surface area contributed by atoms with Crippen molar-refractivity contribution in [3.05, 3.63) is 22.2 Å². The van der Waals surface area contributed by atoms with Crippen molar-refractivity contribution in [2.24, 2.45) is 0 Å². The van der Waals surface area contributed by atoms with Gasteiger partial charge >= 0.3 is 0 Å². The third kappa shape index (κ3) is 8.21. The molecule has 0 saturated carbocycles. The van der Waals surface area contributed by atoms with E-state index < -0.39 is 13.7 Å². The molecule has 0 heterocycles. The first-order valence-corrected chi connectivity index (χ1v) is 8.72. The van der Waals surface area contributed by atoms with Crippen LogP contribution in [0.3, 0.4) is 0 Å². The topological polar surface area (TPSA) is 18.5 Å². The molecule has 0 amide bonds. The highest BCUT2D eigenvalue weighted by Gasteiger charge is 2.12. The SMILES string of the molecule is C=P.C=P.CSCc1c(OCF)cc(Br)cc1OCF. The van der Waals surface area contributed by atoms with Crippen molar-refractivity contribution >= 4 is 58.0 Å². The highest BCUT2D eigenvalue weighted by atomic mass is 79.9. The minimum atomic E-state index is -0.924. The number of ether oxygens (including phenoxy) is 2. The summed E-state index contributed by atoms with van der Waals surface area (Å²) in [6.07, 6.45) is 8.00. The first kappa shape index (κ1) is 22.1. The third-order valence-electron chi connectivity index (χ3n) is 1.84. The molecule has 0 spiro atoms. The fraction of sp³-hybridized carbons (Fsp3) is 0.333. The lowest BCUT2D eigenvalue weighted by molar-refractivity contribution is 0.179. The molecule has 0 unspecified atom stereocenters. The zero-order chi connectivity index (χ0) is 16.0. The van der Waals surface area contributed by atoms with Crippen LogP contribution in [0, 0.1) is 0 Å². The lowest BCUT2D eigenvalue weighted by Crippen LogP contribution is -2.00. The molecule has 0 aromatic heterocycles. The van der Waals surface area contributed by atoms with Crippen LogP contribution in [0.5, 0.6) is 11.5 Å². The summed E-state index contributed by atoms with van der Waals surface area (Å²) in [7, 11) is 5.44. The number of hydrogen-bond donors (Lipinski definition) is 0. The molecule has 0 radical (unpaired) electrons. The van der Waals surface area contributed by atoms with Crippen molar-refractivity contribution in [1.82, 2.24) is 0 Å². The molecular formula is C12H17BrF2O2P2S. The number of rotatable bonds is 6. The second-order valence-electron chi connectivity index (χ2n) is 2.82. The van der Waals surface area contributed by atoms with Crippen molar-refractivity contribution < 1.29 is 18.3 Å². The van der Waals surface area contributed by atoms with Gasteiger partial charge in [-0.25, -0.2) is 8.78 Å². The van der Waals surface area contributed by atoms with Crippen LogP contribution in [0.25, 0.3) is 0 Å². The number of thioether (sulfide) groups is 1. The number of halogens is 3. The Morgan fingerprint density at radius 2 is 1.50 bits per heavy atom. The molecule has 0 fully saturated rings. The Balaban J connectivity index is 0. The van der Waals surface area contributed by atoms with Gasteiger partial charge in [0.25, 0.3) is 0 Å². The monoisotopic (exact) mass is 404 g/mol. The fourth-order valence-electron chi connectivity index (χ4n) is 1.25. The lowest BCUT2D eigenvalue weighted by Gasteiger charge is -2.13. The van der Waals surface area contributed by atoms with Crippen LogP contribution < -0.4 is 9.47 Å². The van der Waals surface area contributed by atoms with Gasteiger partial charge in [-0.1, -0.05) is 28.5 Å². The summed E-state index contributed by atoms with van der Waals surface area (Å²) < 4.78 is 34.7. The standard InChI is InChI=1S/C10H11BrF2O2S.2CH3P/c1-16-4-8-9(14-5-12)2-7(11)3-10(8)15-6-13;2*1-2/h2-3H,4-6H2,1H3;2*2H,1H2. The molecule has 1 rings (SSSR count). The Labute approximate surface area is 135 Å². The molecule has 0 atom stereocenters. The van der Waals surface area contributed by atoms with E-state index in [1.54, 1.807) is 12.1 Å². The average molecular weight is 405 g/mol. The van der Waals surface area contributed by atoms with Gasteiger partial charge in [-0.15, -0.1) is 17.7 Å². The molecule has 0 aliphatic carbocycles. The smallest absolute Gasteiger partial charge is 0.228 e. The van der Waals surface area contributed by atoms with Crippen molar-refractivity contribution in [2.45, 2.75) is 5.75 Å². The van der Waals surface area contributed by atoms with Crippen LogP contribution in [0.15, 0.2) is 16.6 Å². The molecule has 114 valence electrons. The zero-order valence-corrected chi connectivity index (χ0v) is 15.5. The van der Waals surface area contributed by atoms with E-state index in [0.717, 1.165) is 0 Å². The molecular weight excluding hydrogens is 388 g/mol. The van der Waals surface area contributed by atoms with Gasteiger partial charge in [0.2, 0.25) is 13.7 Å². The number of alkyl halides is 2. The van der Waals surface area contributed by atoms with Crippen LogP contribution >= 0.6 is 45.4 Å². The van der Waals surface area contributed by atoms with E-state index in [0.29, 0.717) is 27.3 Å². The van der Waals surface area contributed by atoms with Crippen molar-refractivity contribution in [3.8, 4) is 11.5 Å². The maximum atomic E-state index is 12.2. The highest BCUT2D eigenvalue weighted by Crippen LogP contribution is 2.35. The van der Waals surface area contributed by atoms with Crippen molar-refractivity contribution in [3.63, 3.8) is 0 Å². The summed E-state index contributed by atoms with van der Waals surface area (Å²) in [5.41, 5.74) is 0.658. The van der Waals surface area contributed by atoms with Crippen LogP contribution in [0.2, 0.25) is 0 Å². The van der Waals surface area contributed by atoms with Crippen LogP contribution in [-0.4, -0.2) is 32.6 Å². The first-order valence-electron chi connectivity index (χ1n) is 5.12. The molecule has 0 saturated heterocycles. The first-order chi connectivity index (χ1) is 9.72. The summed E-state index contributed by atoms with van der Waals surface area (Å²) in [5.74, 6) is 1.31. The van der Waals surface area contributed by atoms with E-state index in [1.807, 2.05) is 6.26 Å². The summed E-state index contributed by atoms with van der Waals surface area (Å²) >= 11 is 4.75. The fourth-order valence-corrected chi connectivity index (χ4v) is 2.24. The van der Waals surface area contributed by atoms with E-state index in [2.05, 4.69) is 46.3 Å². The zero-order valence-electron chi connectivity index (χ0n) is 11.0. The van der Waals surface area contributed by atoms with Crippen LogP contribution in [-0.2, 0) is 5.75 Å². The molecule has 0 aliphatic heterocycles. The van der Waals surface area contributed by atoms with Gasteiger partial charge in [0.05, 0.1) is 0 Å². The quantitative estimate of drug-likeness (QED) is 0.618. The summed E-state index contributed by atoms with van der Waals surface area (Å²) in [6.45, 7) is -1.85. The molecule has 20 heavy (non-hydrogen) atoms. The minimum Gasteiger partial charge on any atom is -0.462 e. The molecule has 2 nitrogen and oxygen atoms in total. The minimum absolute atomic E-state index is 0.370. The van der Waals surface area contributed by atoms with Crippen molar-refractivity contribution in [2.75, 3.05) is 20.0 Å². The van der Waals surface area contributed by atoms with Crippen LogP contribution in [0.1, 0.15) is 5.56 Å². The van der Waals surface area contributed by atoms with E-state index in [-0.39, 0.29) is 0 Å². The Kier molecular flexibility index (Phi) is 16.9. The Morgan fingerprint density at radius 3 is 1.80 bits per heavy atom. The van der Waals surface area contributed by atoms with E-state index in [1.165, 1.54) is 11.8 Å². The Hall–Kier alpha value is -0.150.